The van der Waals surface area contributed by atoms with Crippen molar-refractivity contribution in [2.75, 3.05) is 19.5 Å². The zero-order chi connectivity index (χ0) is 25.3. The minimum Gasteiger partial charge on any atom is -0.453 e. The molecule has 34 heavy (non-hydrogen) atoms. The number of amides is 3. The molecule has 2 aromatic rings. The number of hydrogen-bond donors (Lipinski definition) is 3. The third kappa shape index (κ3) is 7.30. The average molecular weight is 491 g/mol. The summed E-state index contributed by atoms with van der Waals surface area (Å²) in [5.74, 6) is -0.693. The zero-order valence-electron chi connectivity index (χ0n) is 19.1. The first-order valence-corrected chi connectivity index (χ1v) is 11.6. The molecule has 3 N–H and O–H groups in total. The van der Waals surface area contributed by atoms with Gasteiger partial charge in [-0.25, -0.2) is 23.0 Å². The Morgan fingerprint density at radius 2 is 1.50 bits per heavy atom. The lowest BCUT2D eigenvalue weighted by molar-refractivity contribution is -0.116. The number of carbonyl (C=O) groups is 3. The van der Waals surface area contributed by atoms with Crippen LogP contribution in [0.3, 0.4) is 0 Å². The van der Waals surface area contributed by atoms with E-state index in [-0.39, 0.29) is 45.4 Å². The zero-order valence-corrected chi connectivity index (χ0v) is 19.9. The first-order valence-electron chi connectivity index (χ1n) is 10.1. The van der Waals surface area contributed by atoms with Crippen LogP contribution in [-0.2, 0) is 24.1 Å². The van der Waals surface area contributed by atoms with Crippen LogP contribution in [0.1, 0.15) is 20.3 Å². The molecule has 0 atom stereocenters. The number of sulfone groups is 1. The van der Waals surface area contributed by atoms with Crippen LogP contribution in [0.4, 0.5) is 21.0 Å². The Morgan fingerprint density at radius 1 is 0.912 bits per heavy atom. The molecule has 11 nitrogen and oxygen atoms in total. The van der Waals surface area contributed by atoms with Gasteiger partial charge in [-0.3, -0.25) is 15.4 Å². The lowest BCUT2D eigenvalue weighted by Crippen LogP contribution is -2.43. The van der Waals surface area contributed by atoms with Crippen molar-refractivity contribution in [1.29, 1.82) is 0 Å². The Kier molecular flexibility index (Phi) is 9.13. The quantitative estimate of drug-likeness (QED) is 0.415. The first kappa shape index (κ1) is 26.3. The molecule has 0 aliphatic carbocycles. The lowest BCUT2D eigenvalue weighted by Gasteiger charge is -2.14. The second-order valence-corrected chi connectivity index (χ2v) is 9.28. The number of alkyl carbamates (subject to hydrolysis) is 2. The molecule has 0 heterocycles. The maximum Gasteiger partial charge on any atom is 0.413 e. The molecule has 0 saturated heterocycles. The van der Waals surface area contributed by atoms with E-state index in [4.69, 9.17) is 0 Å². The van der Waals surface area contributed by atoms with E-state index in [0.717, 1.165) is 14.2 Å². The van der Waals surface area contributed by atoms with Crippen LogP contribution in [0.5, 0.6) is 0 Å². The number of benzene rings is 2. The second kappa shape index (κ2) is 11.8. The molecule has 3 amide bonds. The molecule has 0 saturated carbocycles. The number of carbonyl (C=O) groups excluding carboxylic acids is 3. The maximum atomic E-state index is 13.1. The van der Waals surface area contributed by atoms with Crippen molar-refractivity contribution < 1.29 is 32.3 Å². The third-order valence-electron chi connectivity index (χ3n) is 4.24. The van der Waals surface area contributed by atoms with Crippen molar-refractivity contribution in [1.82, 2.24) is 10.6 Å². The van der Waals surface area contributed by atoms with E-state index in [2.05, 4.69) is 30.4 Å². The van der Waals surface area contributed by atoms with Gasteiger partial charge in [0.05, 0.1) is 35.4 Å². The number of hydrogen-bond acceptors (Lipinski definition) is 8. The Bertz CT molecular complexity index is 1160. The van der Waals surface area contributed by atoms with Crippen LogP contribution in [-0.4, -0.2) is 46.7 Å². The molecule has 0 bridgehead atoms. The fourth-order valence-electron chi connectivity index (χ4n) is 2.69. The fraction of sp³-hybridized carbons (Fsp3) is 0.273. The highest BCUT2D eigenvalue weighted by molar-refractivity contribution is 7.91. The van der Waals surface area contributed by atoms with E-state index in [0.29, 0.717) is 0 Å². The van der Waals surface area contributed by atoms with Gasteiger partial charge < -0.3 is 14.8 Å². The van der Waals surface area contributed by atoms with Crippen LogP contribution >= 0.6 is 0 Å². The summed E-state index contributed by atoms with van der Waals surface area (Å²) in [5.41, 5.74) is 0.116. The number of methoxy groups -OCH3 is 2. The topological polar surface area (TPSA) is 152 Å². The Morgan fingerprint density at radius 3 is 2.03 bits per heavy atom. The summed E-state index contributed by atoms with van der Waals surface area (Å²) in [6, 6.07) is 11.7. The number of nitrogens with zero attached hydrogens (tertiary/aromatic N) is 1. The molecule has 2 aromatic carbocycles. The van der Waals surface area contributed by atoms with E-state index in [1.54, 1.807) is 18.2 Å². The predicted octanol–water partition coefficient (Wildman–Crippen LogP) is 3.20. The molecule has 0 spiro atoms. The van der Waals surface area contributed by atoms with Crippen molar-refractivity contribution in [3.8, 4) is 0 Å². The van der Waals surface area contributed by atoms with Gasteiger partial charge in [-0.1, -0.05) is 32.0 Å². The minimum atomic E-state index is -3.89. The summed E-state index contributed by atoms with van der Waals surface area (Å²) in [7, 11) is -1.66. The minimum absolute atomic E-state index is 0.0423. The molecular weight excluding hydrogens is 464 g/mol. The normalized spacial score (nSPS) is 10.7. The van der Waals surface area contributed by atoms with E-state index in [1.165, 1.54) is 30.3 Å². The number of guanidine groups is 1. The van der Waals surface area contributed by atoms with Gasteiger partial charge in [0.1, 0.15) is 0 Å². The Hall–Kier alpha value is -3.93. The fourth-order valence-corrected chi connectivity index (χ4v) is 4.00. The van der Waals surface area contributed by atoms with Gasteiger partial charge in [-0.05, 0) is 36.2 Å². The third-order valence-corrected chi connectivity index (χ3v) is 6.01. The number of ether oxygens (including phenoxy) is 2. The summed E-state index contributed by atoms with van der Waals surface area (Å²) in [6.07, 6.45) is -1.68. The van der Waals surface area contributed by atoms with Gasteiger partial charge in [0.25, 0.3) is 0 Å². The van der Waals surface area contributed by atoms with Crippen LogP contribution < -0.4 is 16.0 Å². The molecule has 0 aliphatic rings. The van der Waals surface area contributed by atoms with Crippen molar-refractivity contribution >= 4 is 45.3 Å². The monoisotopic (exact) mass is 490 g/mol. The number of nitrogens with one attached hydrogen (secondary N) is 3. The highest BCUT2D eigenvalue weighted by Crippen LogP contribution is 2.31. The summed E-state index contributed by atoms with van der Waals surface area (Å²) in [5, 5.41) is 7.07. The summed E-state index contributed by atoms with van der Waals surface area (Å²) >= 11 is 0. The molecule has 182 valence electrons. The molecule has 12 heteroatoms. The van der Waals surface area contributed by atoms with E-state index >= 15 is 0 Å². The predicted molar refractivity (Wildman–Crippen MR) is 125 cm³/mol. The highest BCUT2D eigenvalue weighted by atomic mass is 32.2. The van der Waals surface area contributed by atoms with Crippen molar-refractivity contribution in [3.05, 3.63) is 48.5 Å². The second-order valence-electron chi connectivity index (χ2n) is 7.34. The van der Waals surface area contributed by atoms with Crippen LogP contribution in [0.15, 0.2) is 63.3 Å². The van der Waals surface area contributed by atoms with Crippen LogP contribution in [0.25, 0.3) is 0 Å². The van der Waals surface area contributed by atoms with Crippen LogP contribution in [0, 0.1) is 5.92 Å². The molecule has 0 aromatic heterocycles. The molecule has 2 rings (SSSR count). The van der Waals surface area contributed by atoms with Gasteiger partial charge in [0.15, 0.2) is 0 Å². The maximum absolute atomic E-state index is 13.1. The van der Waals surface area contributed by atoms with Crippen molar-refractivity contribution in [3.63, 3.8) is 0 Å². The number of anilines is 1. The highest BCUT2D eigenvalue weighted by Gasteiger charge is 2.20. The number of rotatable bonds is 6. The summed E-state index contributed by atoms with van der Waals surface area (Å²) in [4.78, 5) is 39.9. The summed E-state index contributed by atoms with van der Waals surface area (Å²) in [6.45, 7) is 3.71. The van der Waals surface area contributed by atoms with Crippen molar-refractivity contribution in [2.24, 2.45) is 10.9 Å². The van der Waals surface area contributed by atoms with E-state index in [1.807, 2.05) is 13.8 Å². The molecule has 0 unspecified atom stereocenters. The first-order chi connectivity index (χ1) is 16.1. The molecule has 0 aliphatic heterocycles. The smallest absolute Gasteiger partial charge is 0.413 e. The summed E-state index contributed by atoms with van der Waals surface area (Å²) < 4.78 is 35.1. The van der Waals surface area contributed by atoms with Gasteiger partial charge >= 0.3 is 12.2 Å². The van der Waals surface area contributed by atoms with Gasteiger partial charge in [-0.15, -0.1) is 0 Å². The van der Waals surface area contributed by atoms with Crippen molar-refractivity contribution in [2.45, 2.75) is 30.1 Å². The largest absolute Gasteiger partial charge is 0.453 e. The average Bonchev–Trinajstić information content (AvgIpc) is 2.79. The standard InChI is InChI=1S/C22H26N4O7S/c1-14(2)12-19(27)23-18-13-16(34(30,31)15-8-6-5-7-9-15)10-11-17(18)24-20(25-21(28)32-3)26-22(29)33-4/h5-11,13-14H,12H2,1-4H3,(H,23,27)(H2,24,25,26,28,29). The van der Waals surface area contributed by atoms with Gasteiger partial charge in [-0.2, -0.15) is 0 Å². The molecular formula is C22H26N4O7S. The Labute approximate surface area is 197 Å². The SMILES string of the molecule is COC(=O)NC(=Nc1ccc(S(=O)(=O)c2ccccc2)cc1NC(=O)CC(C)C)NC(=O)OC. The lowest BCUT2D eigenvalue weighted by atomic mass is 10.1. The number of aliphatic imine (C=N–C) groups is 1. The van der Waals surface area contributed by atoms with Gasteiger partial charge in [0, 0.05) is 6.42 Å². The molecule has 0 fully saturated rings. The van der Waals surface area contributed by atoms with Gasteiger partial charge in [0.2, 0.25) is 21.7 Å². The Balaban J connectivity index is 2.58. The van der Waals surface area contributed by atoms with E-state index < -0.39 is 22.0 Å². The van der Waals surface area contributed by atoms with Crippen LogP contribution in [0.2, 0.25) is 0 Å². The molecule has 0 radical (unpaired) electrons. The van der Waals surface area contributed by atoms with E-state index in [9.17, 15) is 22.8 Å².